The number of nitriles is 1. The summed E-state index contributed by atoms with van der Waals surface area (Å²) in [6.07, 6.45) is 0.843. The molecule has 1 saturated heterocycles. The van der Waals surface area contributed by atoms with Crippen LogP contribution in [0.2, 0.25) is 0 Å². The Bertz CT molecular complexity index is 1200. The number of benzene rings is 3. The molecule has 1 aliphatic rings. The first-order valence-corrected chi connectivity index (χ1v) is 10.7. The van der Waals surface area contributed by atoms with E-state index >= 15 is 0 Å². The lowest BCUT2D eigenvalue weighted by atomic mass is 10.1. The number of hydrogen-bond acceptors (Lipinski definition) is 4. The molecule has 1 aliphatic heterocycles. The van der Waals surface area contributed by atoms with E-state index in [1.165, 1.54) is 7.11 Å². The minimum atomic E-state index is -0.264. The number of anilines is 2. The van der Waals surface area contributed by atoms with Gasteiger partial charge in [-0.3, -0.25) is 9.69 Å². The molecule has 1 heterocycles. The Labute approximate surface area is 192 Å². The Hall–Kier alpha value is -4.31. The van der Waals surface area contributed by atoms with Gasteiger partial charge in [0.2, 0.25) is 0 Å². The molecule has 3 amide bonds. The molecule has 0 radical (unpaired) electrons. The smallest absolute Gasteiger partial charge is 0.324 e. The van der Waals surface area contributed by atoms with Gasteiger partial charge in [0.05, 0.1) is 24.3 Å². The summed E-state index contributed by atoms with van der Waals surface area (Å²) in [5.74, 6) is 0.242. The molecule has 4 rings (SSSR count). The maximum atomic E-state index is 13.1. The van der Waals surface area contributed by atoms with E-state index in [1.807, 2.05) is 36.4 Å². The van der Waals surface area contributed by atoms with E-state index in [0.717, 1.165) is 17.7 Å². The van der Waals surface area contributed by atoms with Crippen LogP contribution in [0.15, 0.2) is 72.8 Å². The van der Waals surface area contributed by atoms with Crippen molar-refractivity contribution in [2.45, 2.75) is 13.0 Å². The van der Waals surface area contributed by atoms with Crippen molar-refractivity contribution in [3.05, 3.63) is 89.5 Å². The van der Waals surface area contributed by atoms with Crippen molar-refractivity contribution >= 4 is 23.3 Å². The van der Waals surface area contributed by atoms with Crippen molar-refractivity contribution in [2.24, 2.45) is 0 Å². The maximum Gasteiger partial charge on any atom is 0.324 e. The third-order valence-corrected chi connectivity index (χ3v) is 5.53. The number of ether oxygens (including phenoxy) is 1. The van der Waals surface area contributed by atoms with Crippen LogP contribution in [0, 0.1) is 11.3 Å². The fourth-order valence-corrected chi connectivity index (χ4v) is 3.88. The lowest BCUT2D eigenvalue weighted by Crippen LogP contribution is -2.49. The Morgan fingerprint density at radius 3 is 2.61 bits per heavy atom. The van der Waals surface area contributed by atoms with Crippen molar-refractivity contribution < 1.29 is 14.3 Å². The average Bonchev–Trinajstić information content (AvgIpc) is 2.86. The predicted octanol–water partition coefficient (Wildman–Crippen LogP) is 4.65. The monoisotopic (exact) mass is 440 g/mol. The number of carbonyl (C=O) groups excluding carboxylic acids is 2. The quantitative estimate of drug-likeness (QED) is 0.605. The van der Waals surface area contributed by atoms with Gasteiger partial charge in [-0.2, -0.15) is 5.26 Å². The van der Waals surface area contributed by atoms with Crippen molar-refractivity contribution in [1.29, 1.82) is 5.26 Å². The highest BCUT2D eigenvalue weighted by molar-refractivity contribution is 6.06. The van der Waals surface area contributed by atoms with Crippen LogP contribution in [0.3, 0.4) is 0 Å². The maximum absolute atomic E-state index is 13.1. The number of methoxy groups -OCH3 is 1. The zero-order chi connectivity index (χ0) is 23.2. The minimum absolute atomic E-state index is 0.0746. The second-order valence-electron chi connectivity index (χ2n) is 7.72. The van der Waals surface area contributed by atoms with Gasteiger partial charge in [-0.25, -0.2) is 4.79 Å². The summed E-state index contributed by atoms with van der Waals surface area (Å²) < 4.78 is 5.25. The number of hydrogen-bond donors (Lipinski definition) is 1. The molecule has 0 atom stereocenters. The van der Waals surface area contributed by atoms with Gasteiger partial charge in [-0.15, -0.1) is 0 Å². The summed E-state index contributed by atoms with van der Waals surface area (Å²) in [6, 6.07) is 23.6. The molecule has 7 nitrogen and oxygen atoms in total. The van der Waals surface area contributed by atoms with E-state index in [9.17, 15) is 9.59 Å². The zero-order valence-electron chi connectivity index (χ0n) is 18.3. The average molecular weight is 441 g/mol. The highest BCUT2D eigenvalue weighted by Crippen LogP contribution is 2.25. The van der Waals surface area contributed by atoms with E-state index in [4.69, 9.17) is 10.00 Å². The highest BCUT2D eigenvalue weighted by Gasteiger charge is 2.27. The van der Waals surface area contributed by atoms with Gasteiger partial charge in [0.25, 0.3) is 5.91 Å². The normalized spacial score (nSPS) is 13.4. The topological polar surface area (TPSA) is 85.7 Å². The second kappa shape index (κ2) is 9.88. The van der Waals surface area contributed by atoms with Gasteiger partial charge in [0, 0.05) is 31.0 Å². The van der Waals surface area contributed by atoms with Crippen LogP contribution in [-0.4, -0.2) is 37.0 Å². The first kappa shape index (κ1) is 21.9. The summed E-state index contributed by atoms with van der Waals surface area (Å²) in [6.45, 7) is 1.75. The van der Waals surface area contributed by atoms with Crippen LogP contribution >= 0.6 is 0 Å². The molecule has 0 bridgehead atoms. The second-order valence-corrected chi connectivity index (χ2v) is 7.72. The SMILES string of the molecule is COc1ccccc1C(=O)Nc1ccc(N2CCCN(Cc3cccc(C#N)c3)C2=O)cc1. The number of rotatable bonds is 6. The van der Waals surface area contributed by atoms with Crippen molar-refractivity contribution in [1.82, 2.24) is 4.90 Å². The number of nitrogens with one attached hydrogen (secondary N) is 1. The van der Waals surface area contributed by atoms with Crippen LogP contribution in [-0.2, 0) is 6.54 Å². The van der Waals surface area contributed by atoms with E-state index in [-0.39, 0.29) is 11.9 Å². The summed E-state index contributed by atoms with van der Waals surface area (Å²) in [7, 11) is 1.53. The van der Waals surface area contributed by atoms with Gasteiger partial charge in [-0.05, 0) is 60.5 Å². The van der Waals surface area contributed by atoms with E-state index < -0.39 is 0 Å². The van der Waals surface area contributed by atoms with Gasteiger partial charge >= 0.3 is 6.03 Å². The van der Waals surface area contributed by atoms with Crippen molar-refractivity contribution in [3.8, 4) is 11.8 Å². The van der Waals surface area contributed by atoms with Crippen molar-refractivity contribution in [2.75, 3.05) is 30.4 Å². The van der Waals surface area contributed by atoms with Gasteiger partial charge in [0.15, 0.2) is 0 Å². The number of amides is 3. The molecule has 0 aliphatic carbocycles. The number of urea groups is 1. The standard InChI is InChI=1S/C26H24N4O3/c1-33-24-9-3-2-8-23(24)25(31)28-21-10-12-22(13-11-21)30-15-5-14-29(26(30)32)18-20-7-4-6-19(16-20)17-27/h2-4,6-13,16H,5,14-15,18H2,1H3,(H,28,31). The summed E-state index contributed by atoms with van der Waals surface area (Å²) in [5, 5.41) is 12.0. The number of para-hydroxylation sites is 1. The highest BCUT2D eigenvalue weighted by atomic mass is 16.5. The predicted molar refractivity (Wildman–Crippen MR) is 126 cm³/mol. The van der Waals surface area contributed by atoms with Gasteiger partial charge < -0.3 is 15.0 Å². The van der Waals surface area contributed by atoms with Crippen LogP contribution in [0.4, 0.5) is 16.2 Å². The van der Waals surface area contributed by atoms with Gasteiger partial charge in [0.1, 0.15) is 5.75 Å². The summed E-state index contributed by atoms with van der Waals surface area (Å²) >= 11 is 0. The number of carbonyl (C=O) groups is 2. The fraction of sp³-hybridized carbons (Fsp3) is 0.192. The molecule has 0 aromatic heterocycles. The summed E-state index contributed by atoms with van der Waals surface area (Å²) in [4.78, 5) is 29.2. The Morgan fingerprint density at radius 1 is 1.06 bits per heavy atom. The van der Waals surface area contributed by atoms with E-state index in [1.54, 1.807) is 46.2 Å². The molecule has 0 saturated carbocycles. The molecule has 3 aromatic rings. The molecule has 1 N–H and O–H groups in total. The molecule has 3 aromatic carbocycles. The molecule has 1 fully saturated rings. The van der Waals surface area contributed by atoms with E-state index in [2.05, 4.69) is 11.4 Å². The number of nitrogens with zero attached hydrogens (tertiary/aromatic N) is 3. The molecule has 0 unspecified atom stereocenters. The Morgan fingerprint density at radius 2 is 1.85 bits per heavy atom. The van der Waals surface area contributed by atoms with Crippen molar-refractivity contribution in [3.63, 3.8) is 0 Å². The first-order valence-electron chi connectivity index (χ1n) is 10.7. The molecule has 0 spiro atoms. The molecule has 166 valence electrons. The largest absolute Gasteiger partial charge is 0.496 e. The van der Waals surface area contributed by atoms with Crippen LogP contribution < -0.4 is 15.0 Å². The fourth-order valence-electron chi connectivity index (χ4n) is 3.88. The Balaban J connectivity index is 1.44. The first-order chi connectivity index (χ1) is 16.1. The lowest BCUT2D eigenvalue weighted by molar-refractivity contribution is 0.102. The van der Waals surface area contributed by atoms with Crippen LogP contribution in [0.1, 0.15) is 27.9 Å². The molecular weight excluding hydrogens is 416 g/mol. The minimum Gasteiger partial charge on any atom is -0.496 e. The molecule has 33 heavy (non-hydrogen) atoms. The van der Waals surface area contributed by atoms with Crippen LogP contribution in [0.5, 0.6) is 5.75 Å². The Kier molecular flexibility index (Phi) is 6.56. The third-order valence-electron chi connectivity index (χ3n) is 5.53. The van der Waals surface area contributed by atoms with Crippen LogP contribution in [0.25, 0.3) is 0 Å². The summed E-state index contributed by atoms with van der Waals surface area (Å²) in [5.41, 5.74) is 3.36. The third kappa shape index (κ3) is 4.96. The lowest BCUT2D eigenvalue weighted by Gasteiger charge is -2.35. The van der Waals surface area contributed by atoms with Gasteiger partial charge in [-0.1, -0.05) is 24.3 Å². The molecule has 7 heteroatoms. The van der Waals surface area contributed by atoms with E-state index in [0.29, 0.717) is 42.2 Å². The molecular formula is C26H24N4O3. The zero-order valence-corrected chi connectivity index (χ0v) is 18.3.